The third kappa shape index (κ3) is 5.21. The van der Waals surface area contributed by atoms with Gasteiger partial charge >= 0.3 is 0 Å². The minimum Gasteiger partial charge on any atom is -0.481 e. The Balaban J connectivity index is 1.16. The number of carbonyl (C=O) groups is 2. The number of nitrogens with one attached hydrogen (secondary N) is 2. The van der Waals surface area contributed by atoms with Crippen molar-refractivity contribution in [3.63, 3.8) is 0 Å². The first kappa shape index (κ1) is 23.5. The second kappa shape index (κ2) is 10.1. The molecule has 2 aliphatic rings. The number of amides is 2. The third-order valence-corrected chi connectivity index (χ3v) is 7.38. The molecule has 0 aliphatic carbocycles. The number of aromatic nitrogens is 3. The van der Waals surface area contributed by atoms with Gasteiger partial charge in [0.1, 0.15) is 11.5 Å². The van der Waals surface area contributed by atoms with Crippen molar-refractivity contribution in [2.45, 2.75) is 23.8 Å². The Kier molecular flexibility index (Phi) is 6.80. The van der Waals surface area contributed by atoms with Crippen molar-refractivity contribution in [1.29, 1.82) is 0 Å². The van der Waals surface area contributed by atoms with Gasteiger partial charge in [0.05, 0.1) is 28.8 Å². The first-order valence-electron chi connectivity index (χ1n) is 11.5. The summed E-state index contributed by atoms with van der Waals surface area (Å²) in [7, 11) is 3.50. The molecule has 2 amide bonds. The molecule has 0 bridgehead atoms. The van der Waals surface area contributed by atoms with Crippen molar-refractivity contribution in [2.75, 3.05) is 44.9 Å². The van der Waals surface area contributed by atoms with Crippen LogP contribution in [0.1, 0.15) is 22.5 Å². The molecule has 3 aromatic heterocycles. The molecule has 2 N–H and O–H groups in total. The van der Waals surface area contributed by atoms with Crippen LogP contribution in [-0.2, 0) is 11.2 Å². The van der Waals surface area contributed by atoms with Crippen LogP contribution in [0.5, 0.6) is 5.88 Å². The summed E-state index contributed by atoms with van der Waals surface area (Å²) in [5, 5.41) is 4.59. The summed E-state index contributed by atoms with van der Waals surface area (Å²) in [5.74, 6) is 1.000. The summed E-state index contributed by atoms with van der Waals surface area (Å²) in [5.41, 5.74) is 6.10. The molecule has 3 aromatic rings. The molecular formula is C24H27N7O3S. The standard InChI is InChI=1S/C24H27N7O3S/c1-30(29-24(33)18-3-5-19-23(26-18)27-20(32)14-35-19)16-9-12-31(13-16)11-8-15-7-10-25-17-4-6-21(34-2)28-22(15)17/h3-7,10,16H,8-9,11-14H2,1-2H3,(H,29,33)(H,26,27,32). The van der Waals surface area contributed by atoms with Crippen LogP contribution in [0.3, 0.4) is 0 Å². The predicted molar refractivity (Wildman–Crippen MR) is 133 cm³/mol. The Bertz CT molecular complexity index is 1270. The van der Waals surface area contributed by atoms with Crippen molar-refractivity contribution in [3.8, 4) is 5.88 Å². The zero-order valence-electron chi connectivity index (χ0n) is 19.7. The van der Waals surface area contributed by atoms with Gasteiger partial charge in [-0.05, 0) is 49.2 Å². The molecule has 1 unspecified atom stereocenters. The lowest BCUT2D eigenvalue weighted by molar-refractivity contribution is -0.113. The van der Waals surface area contributed by atoms with Gasteiger partial charge in [-0.1, -0.05) is 0 Å². The van der Waals surface area contributed by atoms with E-state index in [2.05, 4.69) is 30.6 Å². The van der Waals surface area contributed by atoms with Crippen LogP contribution < -0.4 is 15.5 Å². The van der Waals surface area contributed by atoms with Crippen molar-refractivity contribution >= 4 is 40.4 Å². The Morgan fingerprint density at radius 2 is 2.17 bits per heavy atom. The number of carbonyl (C=O) groups excluding carboxylic acids is 2. The number of hydrogen-bond donors (Lipinski definition) is 2. The number of hydrogen-bond acceptors (Lipinski definition) is 9. The van der Waals surface area contributed by atoms with Crippen LogP contribution in [0.4, 0.5) is 5.82 Å². The monoisotopic (exact) mass is 493 g/mol. The molecule has 182 valence electrons. The highest BCUT2D eigenvalue weighted by atomic mass is 32.2. The largest absolute Gasteiger partial charge is 0.481 e. The lowest BCUT2D eigenvalue weighted by atomic mass is 10.1. The van der Waals surface area contributed by atoms with Crippen molar-refractivity contribution < 1.29 is 14.3 Å². The van der Waals surface area contributed by atoms with Crippen LogP contribution in [0.15, 0.2) is 41.4 Å². The third-order valence-electron chi connectivity index (χ3n) is 6.33. The fourth-order valence-corrected chi connectivity index (χ4v) is 5.14. The zero-order valence-corrected chi connectivity index (χ0v) is 20.5. The minimum atomic E-state index is -0.290. The summed E-state index contributed by atoms with van der Waals surface area (Å²) in [6.07, 6.45) is 3.62. The van der Waals surface area contributed by atoms with E-state index in [9.17, 15) is 9.59 Å². The number of thioether (sulfide) groups is 1. The van der Waals surface area contributed by atoms with E-state index in [-0.39, 0.29) is 23.6 Å². The van der Waals surface area contributed by atoms with E-state index in [0.29, 0.717) is 17.5 Å². The summed E-state index contributed by atoms with van der Waals surface area (Å²) in [4.78, 5) is 41.0. The summed E-state index contributed by atoms with van der Waals surface area (Å²) in [6.45, 7) is 2.69. The van der Waals surface area contributed by atoms with Gasteiger partial charge in [-0.15, -0.1) is 11.8 Å². The number of pyridine rings is 3. The van der Waals surface area contributed by atoms with Crippen molar-refractivity contribution in [2.24, 2.45) is 0 Å². The fraction of sp³-hybridized carbons (Fsp3) is 0.375. The summed E-state index contributed by atoms with van der Waals surface area (Å²) < 4.78 is 5.28. The Morgan fingerprint density at radius 1 is 1.29 bits per heavy atom. The number of likely N-dealkylation sites (N-methyl/N-ethyl adjacent to an activating group) is 1. The number of hydrazine groups is 1. The molecule has 0 radical (unpaired) electrons. The molecule has 0 spiro atoms. The zero-order chi connectivity index (χ0) is 24.4. The Hall–Kier alpha value is -3.28. The van der Waals surface area contributed by atoms with E-state index in [1.54, 1.807) is 13.2 Å². The van der Waals surface area contributed by atoms with Gasteiger partial charge in [0.2, 0.25) is 11.8 Å². The lowest BCUT2D eigenvalue weighted by Crippen LogP contribution is -2.47. The molecule has 1 atom stereocenters. The second-order valence-electron chi connectivity index (χ2n) is 8.62. The van der Waals surface area contributed by atoms with Crippen molar-refractivity contribution in [1.82, 2.24) is 30.3 Å². The molecule has 5 rings (SSSR count). The number of methoxy groups -OCH3 is 1. The maximum atomic E-state index is 12.8. The molecular weight excluding hydrogens is 466 g/mol. The van der Waals surface area contributed by atoms with Gasteiger partial charge in [-0.3, -0.25) is 20.0 Å². The molecule has 11 heteroatoms. The number of likely N-dealkylation sites (tertiary alicyclic amines) is 1. The van der Waals surface area contributed by atoms with Gasteiger partial charge in [-0.25, -0.2) is 15.0 Å². The van der Waals surface area contributed by atoms with Gasteiger partial charge < -0.3 is 15.0 Å². The average Bonchev–Trinajstić information content (AvgIpc) is 3.36. The topological polar surface area (TPSA) is 113 Å². The van der Waals surface area contributed by atoms with Gasteiger partial charge in [-0.2, -0.15) is 0 Å². The molecule has 1 fully saturated rings. The van der Waals surface area contributed by atoms with Crippen LogP contribution in [0, 0.1) is 0 Å². The Morgan fingerprint density at radius 3 is 3.03 bits per heavy atom. The molecule has 5 heterocycles. The highest BCUT2D eigenvalue weighted by Crippen LogP contribution is 2.29. The van der Waals surface area contributed by atoms with Gasteiger partial charge in [0.15, 0.2) is 0 Å². The predicted octanol–water partition coefficient (Wildman–Crippen LogP) is 1.97. The van der Waals surface area contributed by atoms with E-state index in [1.807, 2.05) is 42.5 Å². The number of ether oxygens (including phenoxy) is 1. The summed E-state index contributed by atoms with van der Waals surface area (Å²) >= 11 is 1.42. The van der Waals surface area contributed by atoms with Crippen LogP contribution >= 0.6 is 11.8 Å². The molecule has 1 saturated heterocycles. The first-order valence-corrected chi connectivity index (χ1v) is 12.5. The van der Waals surface area contributed by atoms with E-state index >= 15 is 0 Å². The molecule has 0 saturated carbocycles. The number of anilines is 1. The highest BCUT2D eigenvalue weighted by molar-refractivity contribution is 8.00. The second-order valence-corrected chi connectivity index (χ2v) is 9.63. The normalized spacial score (nSPS) is 17.9. The van der Waals surface area contributed by atoms with E-state index in [4.69, 9.17) is 4.74 Å². The first-order chi connectivity index (χ1) is 17.0. The quantitative estimate of drug-likeness (QED) is 0.477. The average molecular weight is 494 g/mol. The molecule has 0 aromatic carbocycles. The van der Waals surface area contributed by atoms with Gasteiger partial charge in [0.25, 0.3) is 5.91 Å². The smallest absolute Gasteiger partial charge is 0.284 e. The van der Waals surface area contributed by atoms with Crippen LogP contribution in [-0.4, -0.2) is 82.3 Å². The van der Waals surface area contributed by atoms with E-state index < -0.39 is 0 Å². The van der Waals surface area contributed by atoms with Crippen molar-refractivity contribution in [3.05, 3.63) is 47.8 Å². The number of fused-ring (bicyclic) bond motifs is 2. The number of nitrogens with zero attached hydrogens (tertiary/aromatic N) is 5. The maximum Gasteiger partial charge on any atom is 0.284 e. The molecule has 2 aliphatic heterocycles. The highest BCUT2D eigenvalue weighted by Gasteiger charge is 2.27. The van der Waals surface area contributed by atoms with E-state index in [1.165, 1.54) is 11.8 Å². The SMILES string of the molecule is COc1ccc2nccc(CCN3CCC(N(C)NC(=O)c4ccc5c(n4)NC(=O)CS5)C3)c2n1. The lowest BCUT2D eigenvalue weighted by Gasteiger charge is -2.25. The molecule has 35 heavy (non-hydrogen) atoms. The Labute approximate surface area is 207 Å². The maximum absolute atomic E-state index is 12.8. The number of rotatable bonds is 7. The minimum absolute atomic E-state index is 0.106. The summed E-state index contributed by atoms with van der Waals surface area (Å²) in [6, 6.07) is 9.48. The van der Waals surface area contributed by atoms with E-state index in [0.717, 1.165) is 54.0 Å². The molecule has 10 nitrogen and oxygen atoms in total. The van der Waals surface area contributed by atoms with Crippen LogP contribution in [0.2, 0.25) is 0 Å². The fourth-order valence-electron chi connectivity index (χ4n) is 4.39. The van der Waals surface area contributed by atoms with Crippen LogP contribution in [0.25, 0.3) is 11.0 Å². The van der Waals surface area contributed by atoms with Gasteiger partial charge in [0, 0.05) is 38.4 Å².